The molecule has 3 nitrogen and oxygen atoms in total. The van der Waals surface area contributed by atoms with Gasteiger partial charge in [-0.2, -0.15) is 4.39 Å². The summed E-state index contributed by atoms with van der Waals surface area (Å²) in [4.78, 5) is 0. The number of hydrogen-bond acceptors (Lipinski definition) is 3. The maximum absolute atomic E-state index is 12.8. The minimum absolute atomic E-state index is 0.387. The molecule has 0 saturated carbocycles. The Bertz CT molecular complexity index is 243. The molecule has 7 heteroatoms. The van der Waals surface area contributed by atoms with Crippen LogP contribution in [0.15, 0.2) is 11.7 Å². The van der Waals surface area contributed by atoms with Crippen molar-refractivity contribution in [3.63, 3.8) is 0 Å². The molecule has 13 heavy (non-hydrogen) atoms. The van der Waals surface area contributed by atoms with Gasteiger partial charge in [0.15, 0.2) is 5.76 Å². The first-order valence-electron chi connectivity index (χ1n) is 3.23. The molecule has 0 unspecified atom stereocenters. The highest BCUT2D eigenvalue weighted by atomic mass is 19.4. The Labute approximate surface area is 70.9 Å². The van der Waals surface area contributed by atoms with Crippen LogP contribution in [0, 0.1) is 0 Å². The lowest BCUT2D eigenvalue weighted by Crippen LogP contribution is -2.21. The van der Waals surface area contributed by atoms with Crippen molar-refractivity contribution in [2.45, 2.75) is 26.3 Å². The highest BCUT2D eigenvalue weighted by molar-refractivity contribution is 4.97. The Hall–Kier alpha value is -1.14. The molecule has 76 valence electrons. The van der Waals surface area contributed by atoms with Crippen molar-refractivity contribution in [2.75, 3.05) is 0 Å². The number of halogens is 4. The molecule has 0 amide bonds. The summed E-state index contributed by atoms with van der Waals surface area (Å²) in [5.41, 5.74) is 0. The molecule has 1 heterocycles. The maximum Gasteiger partial charge on any atom is 0.575 e. The Kier molecular flexibility index (Phi) is 2.05. The minimum atomic E-state index is -4.92. The lowest BCUT2D eigenvalue weighted by Gasteiger charge is -2.13. The summed E-state index contributed by atoms with van der Waals surface area (Å²) < 4.78 is 59.3. The van der Waals surface area contributed by atoms with E-state index in [-0.39, 0.29) is 5.76 Å². The number of hydrogen-bond donors (Lipinski definition) is 0. The molecular formula is C6H6F4O3. The van der Waals surface area contributed by atoms with E-state index in [0.717, 1.165) is 13.8 Å². The van der Waals surface area contributed by atoms with E-state index < -0.39 is 18.3 Å². The monoisotopic (exact) mass is 202 g/mol. The molecule has 0 saturated heterocycles. The van der Waals surface area contributed by atoms with Crippen LogP contribution < -0.4 is 0 Å². The average molecular weight is 202 g/mol. The second kappa shape index (κ2) is 2.68. The fourth-order valence-electron chi connectivity index (χ4n) is 0.771. The van der Waals surface area contributed by atoms with Gasteiger partial charge in [0, 0.05) is 13.8 Å². The standard InChI is InChI=1S/C6H6F4O3/c1-3-4(13-6(8,9)10)12-5(2,7)11-3/h1-2H3/t5-/m0/s1. The lowest BCUT2D eigenvalue weighted by atomic mass is 10.6. The Balaban J connectivity index is 2.67. The predicted octanol–water partition coefficient (Wildman–Crippen LogP) is 2.40. The Morgan fingerprint density at radius 1 is 1.31 bits per heavy atom. The molecule has 1 rings (SSSR count). The maximum atomic E-state index is 12.8. The second-order valence-electron chi connectivity index (χ2n) is 2.43. The summed E-state index contributed by atoms with van der Waals surface area (Å²) in [6.07, 6.45) is -4.92. The topological polar surface area (TPSA) is 27.7 Å². The molecule has 0 aromatic carbocycles. The summed E-state index contributed by atoms with van der Waals surface area (Å²) in [5, 5.41) is 0. The van der Waals surface area contributed by atoms with Crippen molar-refractivity contribution in [2.24, 2.45) is 0 Å². The molecule has 0 fully saturated rings. The van der Waals surface area contributed by atoms with E-state index in [1.54, 1.807) is 0 Å². The Morgan fingerprint density at radius 3 is 2.15 bits per heavy atom. The van der Waals surface area contributed by atoms with Gasteiger partial charge in [-0.1, -0.05) is 0 Å². The lowest BCUT2D eigenvalue weighted by molar-refractivity contribution is -0.337. The third kappa shape index (κ3) is 2.67. The van der Waals surface area contributed by atoms with E-state index in [1.807, 2.05) is 0 Å². The quantitative estimate of drug-likeness (QED) is 0.611. The van der Waals surface area contributed by atoms with Crippen molar-refractivity contribution in [1.82, 2.24) is 0 Å². The van der Waals surface area contributed by atoms with Gasteiger partial charge < -0.3 is 14.2 Å². The van der Waals surface area contributed by atoms with Gasteiger partial charge in [-0.05, 0) is 0 Å². The van der Waals surface area contributed by atoms with Crippen LogP contribution >= 0.6 is 0 Å². The van der Waals surface area contributed by atoms with E-state index in [0.29, 0.717) is 0 Å². The summed E-state index contributed by atoms with van der Waals surface area (Å²) in [5.74, 6) is -1.39. The molecule has 1 aliphatic rings. The first kappa shape index (κ1) is 9.94. The van der Waals surface area contributed by atoms with Gasteiger partial charge in [-0.15, -0.1) is 13.2 Å². The van der Waals surface area contributed by atoms with Crippen molar-refractivity contribution in [3.05, 3.63) is 11.7 Å². The number of ether oxygens (including phenoxy) is 3. The SMILES string of the molecule is CC1=C(OC(F)(F)F)O[C@@](C)(F)O1. The van der Waals surface area contributed by atoms with Crippen molar-refractivity contribution >= 4 is 0 Å². The largest absolute Gasteiger partial charge is 0.575 e. The molecule has 1 atom stereocenters. The number of rotatable bonds is 1. The summed E-state index contributed by atoms with van der Waals surface area (Å²) >= 11 is 0. The fourth-order valence-corrected chi connectivity index (χ4v) is 0.771. The zero-order chi connectivity index (χ0) is 10.3. The van der Waals surface area contributed by atoms with Crippen LogP contribution in [0.1, 0.15) is 13.8 Å². The number of alkyl halides is 4. The second-order valence-corrected chi connectivity index (χ2v) is 2.43. The average Bonchev–Trinajstić information content (AvgIpc) is 2.00. The van der Waals surface area contributed by atoms with Crippen molar-refractivity contribution < 1.29 is 31.8 Å². The van der Waals surface area contributed by atoms with Crippen LogP contribution in [-0.2, 0) is 14.2 Å². The molecule has 0 bridgehead atoms. The normalized spacial score (nSPS) is 28.5. The third-order valence-corrected chi connectivity index (χ3v) is 1.11. The molecule has 0 aromatic heterocycles. The summed E-state index contributed by atoms with van der Waals surface area (Å²) in [6, 6.07) is -2.59. The highest BCUT2D eigenvalue weighted by Gasteiger charge is 2.43. The fraction of sp³-hybridized carbons (Fsp3) is 0.667. The van der Waals surface area contributed by atoms with E-state index >= 15 is 0 Å². The summed E-state index contributed by atoms with van der Waals surface area (Å²) in [6.45, 7) is 1.93. The van der Waals surface area contributed by atoms with Gasteiger partial charge in [-0.25, -0.2) is 0 Å². The van der Waals surface area contributed by atoms with Crippen molar-refractivity contribution in [3.8, 4) is 0 Å². The first-order valence-corrected chi connectivity index (χ1v) is 3.23. The van der Waals surface area contributed by atoms with Gasteiger partial charge in [0.1, 0.15) is 0 Å². The van der Waals surface area contributed by atoms with Gasteiger partial charge in [0.2, 0.25) is 0 Å². The zero-order valence-corrected chi connectivity index (χ0v) is 6.74. The molecule has 0 aromatic rings. The van der Waals surface area contributed by atoms with Crippen LogP contribution in [0.3, 0.4) is 0 Å². The van der Waals surface area contributed by atoms with E-state index in [1.165, 1.54) is 0 Å². The summed E-state index contributed by atoms with van der Waals surface area (Å²) in [7, 11) is 0. The molecule has 1 aliphatic heterocycles. The van der Waals surface area contributed by atoms with Crippen LogP contribution in [0.4, 0.5) is 17.6 Å². The van der Waals surface area contributed by atoms with Crippen LogP contribution in [0.2, 0.25) is 0 Å². The molecule has 0 aliphatic carbocycles. The van der Waals surface area contributed by atoms with E-state index in [2.05, 4.69) is 14.2 Å². The molecule has 0 N–H and O–H groups in total. The Morgan fingerprint density at radius 2 is 1.85 bits per heavy atom. The van der Waals surface area contributed by atoms with Gasteiger partial charge in [0.25, 0.3) is 0 Å². The van der Waals surface area contributed by atoms with Crippen LogP contribution in [0.25, 0.3) is 0 Å². The molecular weight excluding hydrogens is 196 g/mol. The zero-order valence-electron chi connectivity index (χ0n) is 6.74. The van der Waals surface area contributed by atoms with Crippen LogP contribution in [-0.4, -0.2) is 12.4 Å². The van der Waals surface area contributed by atoms with Crippen molar-refractivity contribution in [1.29, 1.82) is 0 Å². The predicted molar refractivity (Wildman–Crippen MR) is 31.5 cm³/mol. The highest BCUT2D eigenvalue weighted by Crippen LogP contribution is 2.35. The van der Waals surface area contributed by atoms with Gasteiger partial charge in [-0.3, -0.25) is 0 Å². The smallest absolute Gasteiger partial charge is 0.424 e. The first-order chi connectivity index (χ1) is 5.70. The number of allylic oxidation sites excluding steroid dienone is 1. The molecule has 0 radical (unpaired) electrons. The van der Waals surface area contributed by atoms with E-state index in [4.69, 9.17) is 0 Å². The van der Waals surface area contributed by atoms with Gasteiger partial charge in [0.05, 0.1) is 0 Å². The van der Waals surface area contributed by atoms with Gasteiger partial charge >= 0.3 is 18.3 Å². The molecule has 0 spiro atoms. The minimum Gasteiger partial charge on any atom is -0.424 e. The third-order valence-electron chi connectivity index (χ3n) is 1.11. The van der Waals surface area contributed by atoms with Crippen LogP contribution in [0.5, 0.6) is 0 Å². The van der Waals surface area contributed by atoms with E-state index in [9.17, 15) is 17.6 Å².